The van der Waals surface area contributed by atoms with Crippen LogP contribution in [0.1, 0.15) is 17.3 Å². The van der Waals surface area contributed by atoms with Crippen LogP contribution in [-0.4, -0.2) is 24.5 Å². The molecule has 0 bridgehead atoms. The summed E-state index contributed by atoms with van der Waals surface area (Å²) >= 11 is 0. The molecule has 0 amide bonds. The Morgan fingerprint density at radius 3 is 2.70 bits per heavy atom. The van der Waals surface area contributed by atoms with Gasteiger partial charge >= 0.3 is 0 Å². The van der Waals surface area contributed by atoms with Gasteiger partial charge in [-0.05, 0) is 23.8 Å². The van der Waals surface area contributed by atoms with Crippen molar-refractivity contribution in [1.29, 1.82) is 0 Å². The second-order valence-corrected chi connectivity index (χ2v) is 6.76. The highest BCUT2D eigenvalue weighted by Crippen LogP contribution is 2.20. The lowest BCUT2D eigenvalue weighted by Crippen LogP contribution is -2.29. The molecule has 0 aliphatic rings. The third-order valence-electron chi connectivity index (χ3n) is 3.07. The van der Waals surface area contributed by atoms with E-state index < -0.39 is 9.84 Å². The number of aromatic nitrogens is 2. The van der Waals surface area contributed by atoms with Crippen molar-refractivity contribution in [2.45, 2.75) is 17.4 Å². The zero-order valence-corrected chi connectivity index (χ0v) is 12.3. The maximum atomic E-state index is 11.6. The first-order valence-corrected chi connectivity index (χ1v) is 8.04. The molecule has 0 radical (unpaired) electrons. The second kappa shape index (κ2) is 5.74. The Bertz CT molecular complexity index is 694. The van der Waals surface area contributed by atoms with Gasteiger partial charge in [0.15, 0.2) is 9.84 Å². The molecule has 20 heavy (non-hydrogen) atoms. The lowest BCUT2D eigenvalue weighted by atomic mass is 10.0. The monoisotopic (exact) mass is 294 g/mol. The average molecular weight is 294 g/mol. The summed E-state index contributed by atoms with van der Waals surface area (Å²) in [5.41, 5.74) is 4.42. The fraction of sp³-hybridized carbons (Fsp3) is 0.308. The first-order chi connectivity index (χ1) is 9.40. The number of hydrogen-bond acceptors (Lipinski definition) is 5. The van der Waals surface area contributed by atoms with E-state index in [4.69, 9.17) is 5.84 Å². The van der Waals surface area contributed by atoms with Gasteiger partial charge in [-0.25, -0.2) is 8.42 Å². The SMILES string of the molecule is Cn1ccc(CC(NN)c2cccc(S(C)(=O)=O)c2)n1. The van der Waals surface area contributed by atoms with Crippen LogP contribution in [0.5, 0.6) is 0 Å². The minimum atomic E-state index is -3.22. The van der Waals surface area contributed by atoms with Crippen molar-refractivity contribution in [3.05, 3.63) is 47.8 Å². The highest BCUT2D eigenvalue weighted by atomic mass is 32.2. The Labute approximate surface area is 118 Å². The molecule has 0 saturated carbocycles. The number of nitrogens with one attached hydrogen (secondary N) is 1. The van der Waals surface area contributed by atoms with Gasteiger partial charge in [-0.1, -0.05) is 12.1 Å². The normalized spacial score (nSPS) is 13.3. The van der Waals surface area contributed by atoms with Crippen molar-refractivity contribution in [1.82, 2.24) is 15.2 Å². The second-order valence-electron chi connectivity index (χ2n) is 4.75. The van der Waals surface area contributed by atoms with Crippen molar-refractivity contribution in [3.8, 4) is 0 Å². The van der Waals surface area contributed by atoms with E-state index in [1.165, 1.54) is 6.26 Å². The molecule has 0 spiro atoms. The zero-order chi connectivity index (χ0) is 14.8. The number of sulfone groups is 1. The summed E-state index contributed by atoms with van der Waals surface area (Å²) < 4.78 is 24.9. The van der Waals surface area contributed by atoms with Crippen molar-refractivity contribution >= 4 is 9.84 Å². The van der Waals surface area contributed by atoms with Crippen LogP contribution in [0.25, 0.3) is 0 Å². The van der Waals surface area contributed by atoms with Crippen molar-refractivity contribution in [2.24, 2.45) is 12.9 Å². The van der Waals surface area contributed by atoms with Gasteiger partial charge in [0.05, 0.1) is 16.6 Å². The summed E-state index contributed by atoms with van der Waals surface area (Å²) in [7, 11) is -1.38. The highest BCUT2D eigenvalue weighted by Gasteiger charge is 2.15. The molecule has 1 atom stereocenters. The van der Waals surface area contributed by atoms with Crippen LogP contribution < -0.4 is 11.3 Å². The Hall–Kier alpha value is -1.70. The Morgan fingerprint density at radius 2 is 2.15 bits per heavy atom. The molecule has 2 rings (SSSR count). The van der Waals surface area contributed by atoms with Gasteiger partial charge in [-0.2, -0.15) is 5.10 Å². The van der Waals surface area contributed by atoms with E-state index in [2.05, 4.69) is 10.5 Å². The van der Waals surface area contributed by atoms with E-state index in [1.807, 2.05) is 25.4 Å². The zero-order valence-electron chi connectivity index (χ0n) is 11.4. The predicted molar refractivity (Wildman–Crippen MR) is 76.5 cm³/mol. The maximum absolute atomic E-state index is 11.6. The average Bonchev–Trinajstić information content (AvgIpc) is 2.81. The molecule has 1 unspecified atom stereocenters. The fourth-order valence-corrected chi connectivity index (χ4v) is 2.69. The van der Waals surface area contributed by atoms with E-state index >= 15 is 0 Å². The molecule has 1 aromatic heterocycles. The first kappa shape index (κ1) is 14.7. The number of hydrazine groups is 1. The van der Waals surface area contributed by atoms with Gasteiger partial charge in [0.2, 0.25) is 0 Å². The van der Waals surface area contributed by atoms with Gasteiger partial charge in [-0.15, -0.1) is 0 Å². The summed E-state index contributed by atoms with van der Waals surface area (Å²) in [5, 5.41) is 4.30. The summed E-state index contributed by atoms with van der Waals surface area (Å²) in [4.78, 5) is 0.288. The van der Waals surface area contributed by atoms with Gasteiger partial charge in [0.1, 0.15) is 0 Å². The molecule has 6 nitrogen and oxygen atoms in total. The predicted octanol–water partition coefficient (Wildman–Crippen LogP) is 0.571. The molecule has 2 aromatic rings. The Balaban J connectivity index is 2.28. The van der Waals surface area contributed by atoms with E-state index in [1.54, 1.807) is 22.9 Å². The Kier molecular flexibility index (Phi) is 4.22. The van der Waals surface area contributed by atoms with E-state index in [0.29, 0.717) is 6.42 Å². The quantitative estimate of drug-likeness (QED) is 0.621. The molecular weight excluding hydrogens is 276 g/mol. The van der Waals surface area contributed by atoms with Crippen molar-refractivity contribution in [2.75, 3.05) is 6.26 Å². The van der Waals surface area contributed by atoms with Gasteiger partial charge in [-0.3, -0.25) is 16.0 Å². The van der Waals surface area contributed by atoms with Gasteiger partial charge < -0.3 is 0 Å². The number of nitrogens with zero attached hydrogens (tertiary/aromatic N) is 2. The van der Waals surface area contributed by atoms with E-state index in [-0.39, 0.29) is 10.9 Å². The smallest absolute Gasteiger partial charge is 0.175 e. The van der Waals surface area contributed by atoms with Crippen LogP contribution in [0.15, 0.2) is 41.4 Å². The maximum Gasteiger partial charge on any atom is 0.175 e. The third kappa shape index (κ3) is 3.44. The number of hydrogen-bond donors (Lipinski definition) is 2. The van der Waals surface area contributed by atoms with Crippen LogP contribution in [0.3, 0.4) is 0 Å². The lowest BCUT2D eigenvalue weighted by molar-refractivity contribution is 0.540. The minimum Gasteiger partial charge on any atom is -0.276 e. The number of aryl methyl sites for hydroxylation is 1. The molecule has 1 heterocycles. The molecule has 108 valence electrons. The molecule has 0 saturated heterocycles. The molecule has 0 fully saturated rings. The van der Waals surface area contributed by atoms with Gasteiger partial charge in [0.25, 0.3) is 0 Å². The Morgan fingerprint density at radius 1 is 1.40 bits per heavy atom. The summed E-state index contributed by atoms with van der Waals surface area (Å²) in [5.74, 6) is 5.58. The standard InChI is InChI=1S/C13H18N4O2S/c1-17-7-6-11(16-17)9-13(15-14)10-4-3-5-12(8-10)20(2,18)19/h3-8,13,15H,9,14H2,1-2H3. The summed E-state index contributed by atoms with van der Waals surface area (Å²) in [6, 6.07) is 8.50. The molecule has 1 aromatic carbocycles. The topological polar surface area (TPSA) is 90.0 Å². The molecule has 0 aliphatic heterocycles. The highest BCUT2D eigenvalue weighted by molar-refractivity contribution is 7.90. The number of rotatable bonds is 5. The lowest BCUT2D eigenvalue weighted by Gasteiger charge is -2.15. The van der Waals surface area contributed by atoms with Crippen LogP contribution >= 0.6 is 0 Å². The number of nitrogens with two attached hydrogens (primary N) is 1. The van der Waals surface area contributed by atoms with Crippen LogP contribution in [0, 0.1) is 0 Å². The van der Waals surface area contributed by atoms with Crippen LogP contribution in [0.2, 0.25) is 0 Å². The first-order valence-electron chi connectivity index (χ1n) is 6.15. The van der Waals surface area contributed by atoms with Gasteiger partial charge in [0, 0.05) is 25.9 Å². The summed E-state index contributed by atoms with van der Waals surface area (Å²) in [6.45, 7) is 0. The molecule has 7 heteroatoms. The van der Waals surface area contributed by atoms with E-state index in [0.717, 1.165) is 11.3 Å². The molecule has 0 aliphatic carbocycles. The number of benzene rings is 1. The third-order valence-corrected chi connectivity index (χ3v) is 4.18. The van der Waals surface area contributed by atoms with Crippen LogP contribution in [-0.2, 0) is 23.3 Å². The summed E-state index contributed by atoms with van der Waals surface area (Å²) in [6.07, 6.45) is 3.64. The molecular formula is C13H18N4O2S. The van der Waals surface area contributed by atoms with E-state index in [9.17, 15) is 8.42 Å². The van der Waals surface area contributed by atoms with Crippen LogP contribution in [0.4, 0.5) is 0 Å². The van der Waals surface area contributed by atoms with Crippen molar-refractivity contribution < 1.29 is 8.42 Å². The largest absolute Gasteiger partial charge is 0.276 e. The van der Waals surface area contributed by atoms with Crippen molar-refractivity contribution in [3.63, 3.8) is 0 Å². The minimum absolute atomic E-state index is 0.188. The fourth-order valence-electron chi connectivity index (χ4n) is 2.02. The molecule has 3 N–H and O–H groups in total.